The van der Waals surface area contributed by atoms with Crippen molar-refractivity contribution in [2.45, 2.75) is 101 Å². The summed E-state index contributed by atoms with van der Waals surface area (Å²) in [6.07, 6.45) is 10.8. The monoisotopic (exact) mass is 732 g/mol. The quantitative estimate of drug-likeness (QED) is 0.124. The summed E-state index contributed by atoms with van der Waals surface area (Å²) in [5.74, 6) is -0.837. The van der Waals surface area contributed by atoms with Crippen LogP contribution < -0.4 is 10.6 Å². The van der Waals surface area contributed by atoms with Crippen LogP contribution in [0.5, 0.6) is 0 Å². The first-order valence-electron chi connectivity index (χ1n) is 19.6. The van der Waals surface area contributed by atoms with E-state index in [1.165, 1.54) is 6.08 Å². The average molecular weight is 733 g/mol. The number of aliphatic hydroxyl groups excluding tert-OH is 1. The number of hydrogen-bond donors (Lipinski definition) is 5. The van der Waals surface area contributed by atoms with E-state index < -0.39 is 40.8 Å². The maximum absolute atomic E-state index is 14.6. The van der Waals surface area contributed by atoms with Crippen LogP contribution >= 0.6 is 0 Å². The summed E-state index contributed by atoms with van der Waals surface area (Å²) in [6.45, 7) is 4.51. The molecule has 8 rings (SSSR count). The molecule has 2 aliphatic heterocycles. The van der Waals surface area contributed by atoms with Gasteiger partial charge in [-0.3, -0.25) is 9.59 Å². The third kappa shape index (κ3) is 5.81. The zero-order chi connectivity index (χ0) is 37.8. The number of para-hydroxylation sites is 1. The highest BCUT2D eigenvalue weighted by molar-refractivity contribution is 5.95. The normalized spacial score (nSPS) is 31.4. The number of aromatic nitrogens is 1. The Morgan fingerprint density at radius 3 is 2.63 bits per heavy atom. The predicted molar refractivity (Wildman–Crippen MR) is 207 cm³/mol. The van der Waals surface area contributed by atoms with Crippen molar-refractivity contribution in [1.29, 1.82) is 0 Å². The fourth-order valence-electron chi connectivity index (χ4n) is 10.4. The molecule has 1 spiro atoms. The summed E-state index contributed by atoms with van der Waals surface area (Å²) in [6, 6.07) is 17.5. The van der Waals surface area contributed by atoms with Crippen LogP contribution in [-0.4, -0.2) is 93.3 Å². The van der Waals surface area contributed by atoms with Gasteiger partial charge in [-0.2, -0.15) is 0 Å². The summed E-state index contributed by atoms with van der Waals surface area (Å²) in [7, 11) is 2.14. The molecule has 5 N–H and O–H groups in total. The number of hydrogen-bond acceptors (Lipinski definition) is 7. The van der Waals surface area contributed by atoms with Crippen molar-refractivity contribution < 1.29 is 29.3 Å². The molecule has 54 heavy (non-hydrogen) atoms. The lowest BCUT2D eigenvalue weighted by Gasteiger charge is -2.58. The first kappa shape index (κ1) is 36.6. The number of benzene rings is 2. The number of unbranched alkanes of at least 4 members (excludes halogenated alkanes) is 2. The molecule has 10 heteroatoms. The van der Waals surface area contributed by atoms with E-state index in [4.69, 9.17) is 4.74 Å². The minimum atomic E-state index is -2.12. The van der Waals surface area contributed by atoms with Crippen molar-refractivity contribution in [2.75, 3.05) is 20.1 Å². The van der Waals surface area contributed by atoms with E-state index in [2.05, 4.69) is 51.8 Å². The van der Waals surface area contributed by atoms with E-state index in [9.17, 15) is 24.6 Å². The smallest absolute Gasteiger partial charge is 0.260 e. The number of ether oxygens (including phenoxy) is 1. The molecule has 3 aliphatic carbocycles. The first-order chi connectivity index (χ1) is 26.0. The molecular formula is C44H52N4O6. The number of ketones is 1. The van der Waals surface area contributed by atoms with Gasteiger partial charge in [0.25, 0.3) is 5.91 Å². The summed E-state index contributed by atoms with van der Waals surface area (Å²) in [5, 5.41) is 31.0. The Bertz CT molecular complexity index is 2050. The van der Waals surface area contributed by atoms with Crippen molar-refractivity contribution in [2.24, 2.45) is 11.3 Å². The minimum absolute atomic E-state index is 0.0807. The van der Waals surface area contributed by atoms with Crippen LogP contribution in [-0.2, 0) is 25.5 Å². The molecule has 2 amide bonds. The number of carbonyl (C=O) groups excluding carboxylic acids is 3. The van der Waals surface area contributed by atoms with Crippen molar-refractivity contribution in [3.63, 3.8) is 0 Å². The molecule has 8 atom stereocenters. The molecule has 3 heterocycles. The Labute approximate surface area is 316 Å². The maximum Gasteiger partial charge on any atom is 0.260 e. The van der Waals surface area contributed by atoms with E-state index in [1.807, 2.05) is 48.6 Å². The van der Waals surface area contributed by atoms with Gasteiger partial charge in [0.05, 0.1) is 12.2 Å². The summed E-state index contributed by atoms with van der Waals surface area (Å²) in [5.41, 5.74) is 2.04. The number of piperidine rings is 1. The fraction of sp³-hybridized carbons (Fsp3) is 0.477. The lowest BCUT2D eigenvalue weighted by Crippen LogP contribution is -2.66. The number of aliphatic hydroxyl groups is 2. The zero-order valence-corrected chi connectivity index (χ0v) is 31.4. The Morgan fingerprint density at radius 1 is 1.06 bits per heavy atom. The van der Waals surface area contributed by atoms with Crippen LogP contribution in [0.15, 0.2) is 90.0 Å². The standard InChI is InChI=1S/C44H52N4O6/c1-27(49)12-6-4-9-17-34(40(51)45-24-21-31-30-15-10-11-16-33(30)46-37(31)28-13-7-5-8-14-28)47-41(52)44(53)22-20-29-26-35-32-18-19-36(50)39-43(32,23-25-48(35)3)38(29)42(44,2)54-39/h5,7-8,10-11,13-16,18-20,22,32,34-36,39,46,50,53H,4,6,9,12,17,21,23-26H2,1-3H3,(H,45,51)(H,47,52)/t32-,34-,35+,36-,39-,42?,43-,44?/m0/s1. The summed E-state index contributed by atoms with van der Waals surface area (Å²) < 4.78 is 6.79. The van der Waals surface area contributed by atoms with E-state index >= 15 is 0 Å². The van der Waals surface area contributed by atoms with Gasteiger partial charge < -0.3 is 40.3 Å². The Balaban J connectivity index is 1.03. The third-order valence-corrected chi connectivity index (χ3v) is 13.1. The van der Waals surface area contributed by atoms with Gasteiger partial charge in [0.1, 0.15) is 17.4 Å². The predicted octanol–water partition coefficient (Wildman–Crippen LogP) is 4.91. The lowest BCUT2D eigenvalue weighted by molar-refractivity contribution is -0.177. The second kappa shape index (κ2) is 14.1. The largest absolute Gasteiger partial charge is 0.386 e. The van der Waals surface area contributed by atoms with Gasteiger partial charge in [-0.05, 0) is 94.0 Å². The molecule has 3 aromatic rings. The Morgan fingerprint density at radius 2 is 1.83 bits per heavy atom. The first-order valence-corrected chi connectivity index (χ1v) is 19.6. The van der Waals surface area contributed by atoms with Crippen LogP contribution in [0.1, 0.15) is 64.4 Å². The van der Waals surface area contributed by atoms with Crippen LogP contribution in [0.3, 0.4) is 0 Å². The van der Waals surface area contributed by atoms with E-state index in [1.54, 1.807) is 13.8 Å². The number of likely N-dealkylation sites (tertiary alicyclic amines) is 1. The zero-order valence-electron chi connectivity index (χ0n) is 31.4. The topological polar surface area (TPSA) is 144 Å². The molecule has 2 fully saturated rings. The highest BCUT2D eigenvalue weighted by Crippen LogP contribution is 2.68. The number of H-pyrrole nitrogens is 1. The van der Waals surface area contributed by atoms with Gasteiger partial charge >= 0.3 is 0 Å². The number of aromatic amines is 1. The molecule has 2 unspecified atom stereocenters. The van der Waals surface area contributed by atoms with E-state index in [0.29, 0.717) is 38.6 Å². The molecular weight excluding hydrogens is 681 g/mol. The van der Waals surface area contributed by atoms with Crippen molar-refractivity contribution in [3.8, 4) is 11.3 Å². The van der Waals surface area contributed by atoms with Gasteiger partial charge in [-0.25, -0.2) is 0 Å². The summed E-state index contributed by atoms with van der Waals surface area (Å²) >= 11 is 0. The van der Waals surface area contributed by atoms with Gasteiger partial charge in [0.2, 0.25) is 5.91 Å². The number of allylic oxidation sites excluding steroid dienone is 1. The Hall–Kier alpha value is -4.35. The molecule has 10 nitrogen and oxygen atoms in total. The maximum atomic E-state index is 14.6. The van der Waals surface area contributed by atoms with Gasteiger partial charge in [0.15, 0.2) is 5.60 Å². The molecule has 1 aromatic heterocycles. The molecule has 2 bridgehead atoms. The van der Waals surface area contributed by atoms with Crippen LogP contribution in [0, 0.1) is 11.3 Å². The highest BCUT2D eigenvalue weighted by atomic mass is 16.5. The van der Waals surface area contributed by atoms with Gasteiger partial charge in [-0.1, -0.05) is 79.6 Å². The summed E-state index contributed by atoms with van der Waals surface area (Å²) in [4.78, 5) is 46.1. The number of fused-ring (bicyclic) bond motifs is 1. The third-order valence-electron chi connectivity index (χ3n) is 13.1. The molecule has 0 radical (unpaired) electrons. The van der Waals surface area contributed by atoms with Crippen molar-refractivity contribution >= 4 is 28.5 Å². The van der Waals surface area contributed by atoms with Crippen LogP contribution in [0.25, 0.3) is 22.2 Å². The Kier molecular flexibility index (Phi) is 9.53. The average Bonchev–Trinajstić information content (AvgIpc) is 3.68. The van der Waals surface area contributed by atoms with Crippen molar-refractivity contribution in [1.82, 2.24) is 20.5 Å². The second-order valence-electron chi connectivity index (χ2n) is 16.3. The molecule has 2 saturated heterocycles. The van der Waals surface area contributed by atoms with E-state index in [-0.39, 0.29) is 23.7 Å². The van der Waals surface area contributed by atoms with Crippen LogP contribution in [0.4, 0.5) is 0 Å². The van der Waals surface area contributed by atoms with Gasteiger partial charge in [-0.15, -0.1) is 0 Å². The number of amides is 2. The SMILES string of the molecule is CC(=O)CCCCC[C@H](NC(=O)C1(O)C=CC2=C3C1(C)O[C@H]1[C@@H](O)C=C[C@H]4[C@@H](C2)N(C)CC[C@@]341)C(=O)NCCc1c(-c2ccccc2)[nH]c2ccccc12. The van der Waals surface area contributed by atoms with Crippen LogP contribution in [0.2, 0.25) is 0 Å². The molecule has 284 valence electrons. The number of nitrogens with one attached hydrogen (secondary N) is 3. The fourth-order valence-corrected chi connectivity index (χ4v) is 10.4. The molecule has 2 aromatic carbocycles. The van der Waals surface area contributed by atoms with Gasteiger partial charge in [0, 0.05) is 46.9 Å². The second-order valence-corrected chi connectivity index (χ2v) is 16.3. The van der Waals surface area contributed by atoms with Crippen molar-refractivity contribution in [3.05, 3.63) is 95.6 Å². The number of nitrogens with zero attached hydrogens (tertiary/aromatic N) is 1. The minimum Gasteiger partial charge on any atom is -0.386 e. The lowest BCUT2D eigenvalue weighted by atomic mass is 9.49. The molecule has 5 aliphatic rings. The number of rotatable bonds is 13. The van der Waals surface area contributed by atoms with E-state index in [0.717, 1.165) is 64.7 Å². The number of carbonyl (C=O) groups is 3. The number of Topliss-reactive ketones (excluding diaryl/α,β-unsaturated/α-hetero) is 1. The highest BCUT2D eigenvalue weighted by Gasteiger charge is 2.74. The molecule has 0 saturated carbocycles.